The highest BCUT2D eigenvalue weighted by Gasteiger charge is 2.07. The Kier molecular flexibility index (Phi) is 3.23. The molecule has 2 N–H and O–H groups in total. The molecular weight excluding hydrogens is 235 g/mol. The molecule has 5 heteroatoms. The van der Waals surface area contributed by atoms with Gasteiger partial charge in [0.2, 0.25) is 0 Å². The zero-order valence-corrected chi connectivity index (χ0v) is 9.64. The van der Waals surface area contributed by atoms with Crippen LogP contribution in [0.5, 0.6) is 0 Å². The predicted molar refractivity (Wildman–Crippen MR) is 65.6 cm³/mol. The summed E-state index contributed by atoms with van der Waals surface area (Å²) in [7, 11) is 0. The fourth-order valence-electron chi connectivity index (χ4n) is 1.53. The normalized spacial score (nSPS) is 10.1. The van der Waals surface area contributed by atoms with Crippen molar-refractivity contribution in [3.63, 3.8) is 0 Å². The SMILES string of the molecule is Cc1cccc(F)c1Nc1ccc(C(=O)O)nc1. The maximum Gasteiger partial charge on any atom is 0.354 e. The number of aromatic nitrogens is 1. The van der Waals surface area contributed by atoms with E-state index in [4.69, 9.17) is 5.11 Å². The van der Waals surface area contributed by atoms with Gasteiger partial charge in [-0.25, -0.2) is 14.2 Å². The first-order valence-electron chi connectivity index (χ1n) is 5.29. The van der Waals surface area contributed by atoms with E-state index in [-0.39, 0.29) is 11.5 Å². The topological polar surface area (TPSA) is 62.2 Å². The van der Waals surface area contributed by atoms with Gasteiger partial charge in [-0.2, -0.15) is 0 Å². The summed E-state index contributed by atoms with van der Waals surface area (Å²) in [6.07, 6.45) is 1.36. The van der Waals surface area contributed by atoms with E-state index in [1.165, 1.54) is 18.3 Å². The van der Waals surface area contributed by atoms with Gasteiger partial charge in [-0.1, -0.05) is 12.1 Å². The maximum atomic E-state index is 13.6. The highest BCUT2D eigenvalue weighted by atomic mass is 19.1. The van der Waals surface area contributed by atoms with E-state index in [1.54, 1.807) is 25.1 Å². The quantitative estimate of drug-likeness (QED) is 0.874. The molecule has 0 radical (unpaired) electrons. The van der Waals surface area contributed by atoms with Gasteiger partial charge in [0, 0.05) is 0 Å². The number of anilines is 2. The van der Waals surface area contributed by atoms with Gasteiger partial charge in [0.15, 0.2) is 0 Å². The molecule has 2 rings (SSSR count). The zero-order valence-electron chi connectivity index (χ0n) is 9.64. The van der Waals surface area contributed by atoms with Crippen molar-refractivity contribution in [1.29, 1.82) is 0 Å². The van der Waals surface area contributed by atoms with Gasteiger partial charge in [0.1, 0.15) is 11.5 Å². The van der Waals surface area contributed by atoms with Gasteiger partial charge in [0.25, 0.3) is 0 Å². The molecule has 1 aromatic carbocycles. The smallest absolute Gasteiger partial charge is 0.354 e. The largest absolute Gasteiger partial charge is 0.477 e. The number of benzene rings is 1. The van der Waals surface area contributed by atoms with Gasteiger partial charge in [-0.3, -0.25) is 0 Å². The van der Waals surface area contributed by atoms with Crippen molar-refractivity contribution in [2.24, 2.45) is 0 Å². The standard InChI is InChI=1S/C13H11FN2O2/c1-8-3-2-4-10(14)12(8)16-9-5-6-11(13(17)18)15-7-9/h2-7,16H,1H3,(H,17,18). The Morgan fingerprint density at radius 1 is 1.33 bits per heavy atom. The van der Waals surface area contributed by atoms with Crippen LogP contribution in [0.15, 0.2) is 36.5 Å². The van der Waals surface area contributed by atoms with Gasteiger partial charge in [-0.05, 0) is 30.7 Å². The van der Waals surface area contributed by atoms with E-state index in [1.807, 2.05) is 0 Å². The molecule has 1 heterocycles. The summed E-state index contributed by atoms with van der Waals surface area (Å²) in [5, 5.41) is 11.6. The van der Waals surface area contributed by atoms with E-state index in [9.17, 15) is 9.18 Å². The number of carboxylic acids is 1. The Balaban J connectivity index is 2.26. The van der Waals surface area contributed by atoms with Crippen molar-refractivity contribution < 1.29 is 14.3 Å². The number of hydrogen-bond acceptors (Lipinski definition) is 3. The van der Waals surface area contributed by atoms with E-state index in [2.05, 4.69) is 10.3 Å². The van der Waals surface area contributed by atoms with E-state index in [0.29, 0.717) is 11.4 Å². The summed E-state index contributed by atoms with van der Waals surface area (Å²) in [6, 6.07) is 7.67. The number of rotatable bonds is 3. The lowest BCUT2D eigenvalue weighted by Crippen LogP contribution is -2.01. The Labute approximate surface area is 103 Å². The number of carboxylic acid groups (broad SMARTS) is 1. The van der Waals surface area contributed by atoms with E-state index < -0.39 is 5.97 Å². The third kappa shape index (κ3) is 2.45. The third-order valence-corrected chi connectivity index (χ3v) is 2.47. The zero-order chi connectivity index (χ0) is 13.1. The number of hydrogen-bond donors (Lipinski definition) is 2. The minimum Gasteiger partial charge on any atom is -0.477 e. The fraction of sp³-hybridized carbons (Fsp3) is 0.0769. The van der Waals surface area contributed by atoms with Crippen molar-refractivity contribution in [2.45, 2.75) is 6.92 Å². The number of para-hydroxylation sites is 1. The Morgan fingerprint density at radius 2 is 2.11 bits per heavy atom. The number of carbonyl (C=O) groups is 1. The molecule has 0 aliphatic rings. The van der Waals surface area contributed by atoms with E-state index >= 15 is 0 Å². The molecule has 0 aliphatic carbocycles. The lowest BCUT2D eigenvalue weighted by molar-refractivity contribution is 0.0690. The average molecular weight is 246 g/mol. The second kappa shape index (κ2) is 4.83. The lowest BCUT2D eigenvalue weighted by atomic mass is 10.2. The molecule has 0 saturated carbocycles. The molecule has 0 bridgehead atoms. The first-order chi connectivity index (χ1) is 8.58. The van der Waals surface area contributed by atoms with Gasteiger partial charge < -0.3 is 10.4 Å². The minimum absolute atomic E-state index is 0.0502. The molecule has 0 atom stereocenters. The molecule has 0 unspecified atom stereocenters. The van der Waals surface area contributed by atoms with Crippen LogP contribution in [0.1, 0.15) is 16.1 Å². The van der Waals surface area contributed by atoms with Crippen LogP contribution in [0.4, 0.5) is 15.8 Å². The highest BCUT2D eigenvalue weighted by molar-refractivity contribution is 5.85. The number of pyridine rings is 1. The average Bonchev–Trinajstić information content (AvgIpc) is 2.34. The van der Waals surface area contributed by atoms with Crippen molar-refractivity contribution in [2.75, 3.05) is 5.32 Å². The van der Waals surface area contributed by atoms with Crippen molar-refractivity contribution in [3.8, 4) is 0 Å². The van der Waals surface area contributed by atoms with Crippen LogP contribution in [-0.4, -0.2) is 16.1 Å². The van der Waals surface area contributed by atoms with Gasteiger partial charge in [-0.15, -0.1) is 0 Å². The molecule has 1 aromatic heterocycles. The lowest BCUT2D eigenvalue weighted by Gasteiger charge is -2.10. The maximum absolute atomic E-state index is 13.6. The van der Waals surface area contributed by atoms with Crippen LogP contribution in [0.2, 0.25) is 0 Å². The van der Waals surface area contributed by atoms with Crippen LogP contribution in [0.25, 0.3) is 0 Å². The van der Waals surface area contributed by atoms with Gasteiger partial charge >= 0.3 is 5.97 Å². The number of aryl methyl sites for hydroxylation is 1. The summed E-state index contributed by atoms with van der Waals surface area (Å²) in [5.74, 6) is -1.46. The number of aromatic carboxylic acids is 1. The molecule has 0 spiro atoms. The second-order valence-electron chi connectivity index (χ2n) is 3.79. The molecule has 0 fully saturated rings. The fourth-order valence-corrected chi connectivity index (χ4v) is 1.53. The third-order valence-electron chi connectivity index (χ3n) is 2.47. The summed E-state index contributed by atoms with van der Waals surface area (Å²) in [5.41, 5.74) is 1.61. The summed E-state index contributed by atoms with van der Waals surface area (Å²) in [4.78, 5) is 14.4. The van der Waals surface area contributed by atoms with Crippen molar-refractivity contribution in [1.82, 2.24) is 4.98 Å². The Hall–Kier alpha value is -2.43. The predicted octanol–water partition coefficient (Wildman–Crippen LogP) is 2.97. The first-order valence-corrected chi connectivity index (χ1v) is 5.29. The monoisotopic (exact) mass is 246 g/mol. The van der Waals surface area contributed by atoms with Crippen LogP contribution in [0, 0.1) is 12.7 Å². The highest BCUT2D eigenvalue weighted by Crippen LogP contribution is 2.23. The molecule has 4 nitrogen and oxygen atoms in total. The summed E-state index contributed by atoms with van der Waals surface area (Å²) in [6.45, 7) is 1.78. The molecule has 0 aliphatic heterocycles. The molecule has 2 aromatic rings. The Morgan fingerprint density at radius 3 is 2.67 bits per heavy atom. The summed E-state index contributed by atoms with van der Waals surface area (Å²) >= 11 is 0. The number of nitrogens with zero attached hydrogens (tertiary/aromatic N) is 1. The van der Waals surface area contributed by atoms with Crippen LogP contribution >= 0.6 is 0 Å². The number of nitrogens with one attached hydrogen (secondary N) is 1. The second-order valence-corrected chi connectivity index (χ2v) is 3.79. The minimum atomic E-state index is -1.09. The molecule has 18 heavy (non-hydrogen) atoms. The number of halogens is 1. The summed E-state index contributed by atoms with van der Waals surface area (Å²) < 4.78 is 13.6. The molecule has 92 valence electrons. The molecule has 0 amide bonds. The first kappa shape index (κ1) is 12.0. The van der Waals surface area contributed by atoms with Crippen LogP contribution in [-0.2, 0) is 0 Å². The van der Waals surface area contributed by atoms with Crippen molar-refractivity contribution in [3.05, 3.63) is 53.6 Å². The Bertz CT molecular complexity index is 562. The van der Waals surface area contributed by atoms with Crippen molar-refractivity contribution >= 4 is 17.3 Å². The molecular formula is C13H11FN2O2. The van der Waals surface area contributed by atoms with Crippen LogP contribution in [0.3, 0.4) is 0 Å². The van der Waals surface area contributed by atoms with Crippen LogP contribution < -0.4 is 5.32 Å². The van der Waals surface area contributed by atoms with Gasteiger partial charge in [0.05, 0.1) is 17.6 Å². The molecule has 0 saturated heterocycles. The van der Waals surface area contributed by atoms with E-state index in [0.717, 1.165) is 5.56 Å².